The molecule has 1 aliphatic rings. The highest BCUT2D eigenvalue weighted by atomic mass is 35.5. The van der Waals surface area contributed by atoms with Gasteiger partial charge in [-0.2, -0.15) is 0 Å². The number of benzene rings is 1. The van der Waals surface area contributed by atoms with Crippen molar-refractivity contribution in [1.29, 1.82) is 0 Å². The molecule has 1 aromatic rings. The van der Waals surface area contributed by atoms with E-state index in [0.29, 0.717) is 28.7 Å². The van der Waals surface area contributed by atoms with E-state index in [4.69, 9.17) is 17.3 Å². The zero-order valence-corrected chi connectivity index (χ0v) is 10.7. The van der Waals surface area contributed by atoms with E-state index in [-0.39, 0.29) is 5.91 Å². The number of halogens is 1. The maximum absolute atomic E-state index is 12.3. The molecule has 0 radical (unpaired) electrons. The summed E-state index contributed by atoms with van der Waals surface area (Å²) in [6.45, 7) is 3.53. The number of amides is 1. The summed E-state index contributed by atoms with van der Waals surface area (Å²) < 4.78 is 0. The van der Waals surface area contributed by atoms with Crippen LogP contribution in [-0.4, -0.2) is 23.9 Å². The molecule has 1 fully saturated rings. The summed E-state index contributed by atoms with van der Waals surface area (Å²) in [5, 5.41) is 0.367. The quantitative estimate of drug-likeness (QED) is 0.838. The summed E-state index contributed by atoms with van der Waals surface area (Å²) in [5.74, 6) is 0.662. The first-order valence-corrected chi connectivity index (χ1v) is 6.34. The van der Waals surface area contributed by atoms with Gasteiger partial charge in [0, 0.05) is 13.1 Å². The third-order valence-corrected chi connectivity index (χ3v) is 3.53. The van der Waals surface area contributed by atoms with Crippen LogP contribution in [0.3, 0.4) is 0 Å². The maximum Gasteiger partial charge on any atom is 0.255 e. The Labute approximate surface area is 107 Å². The normalized spacial score (nSPS) is 14.7. The van der Waals surface area contributed by atoms with Crippen molar-refractivity contribution in [2.24, 2.45) is 5.92 Å². The lowest BCUT2D eigenvalue weighted by molar-refractivity contribution is 0.0757. The molecule has 1 aromatic carbocycles. The monoisotopic (exact) mass is 252 g/mol. The molecule has 2 rings (SSSR count). The molecule has 17 heavy (non-hydrogen) atoms. The van der Waals surface area contributed by atoms with E-state index >= 15 is 0 Å². The number of nitrogens with zero attached hydrogens (tertiary/aromatic N) is 1. The molecular weight excluding hydrogens is 236 g/mol. The Bertz CT molecular complexity index is 429. The summed E-state index contributed by atoms with van der Waals surface area (Å²) in [6.07, 6.45) is 2.46. The molecule has 0 aliphatic heterocycles. The van der Waals surface area contributed by atoms with Crippen LogP contribution in [0.4, 0.5) is 5.69 Å². The molecule has 0 spiro atoms. The topological polar surface area (TPSA) is 46.3 Å². The lowest BCUT2D eigenvalue weighted by atomic mass is 10.1. The molecule has 0 unspecified atom stereocenters. The number of anilines is 1. The van der Waals surface area contributed by atoms with Crippen molar-refractivity contribution in [3.05, 3.63) is 28.8 Å². The fourth-order valence-corrected chi connectivity index (χ4v) is 2.06. The molecular formula is C13H17ClN2O. The summed E-state index contributed by atoms with van der Waals surface area (Å²) in [6, 6.07) is 5.20. The molecule has 0 atom stereocenters. The van der Waals surface area contributed by atoms with Gasteiger partial charge in [0.2, 0.25) is 0 Å². The molecule has 92 valence electrons. The Hall–Kier alpha value is -1.22. The van der Waals surface area contributed by atoms with Gasteiger partial charge < -0.3 is 10.6 Å². The maximum atomic E-state index is 12.3. The van der Waals surface area contributed by atoms with Crippen LogP contribution in [0.5, 0.6) is 0 Å². The molecule has 2 N–H and O–H groups in total. The van der Waals surface area contributed by atoms with Crippen molar-refractivity contribution < 1.29 is 4.79 Å². The van der Waals surface area contributed by atoms with Crippen LogP contribution in [0.2, 0.25) is 5.02 Å². The minimum Gasteiger partial charge on any atom is -0.398 e. The van der Waals surface area contributed by atoms with Gasteiger partial charge in [-0.3, -0.25) is 4.79 Å². The summed E-state index contributed by atoms with van der Waals surface area (Å²) >= 11 is 6.07. The minimum atomic E-state index is -0.0169. The molecule has 0 aromatic heterocycles. The van der Waals surface area contributed by atoms with Crippen molar-refractivity contribution in [3.63, 3.8) is 0 Å². The van der Waals surface area contributed by atoms with E-state index in [9.17, 15) is 4.79 Å². The van der Waals surface area contributed by atoms with Crippen molar-refractivity contribution in [3.8, 4) is 0 Å². The van der Waals surface area contributed by atoms with Gasteiger partial charge in [0.25, 0.3) is 5.91 Å². The van der Waals surface area contributed by atoms with Crippen LogP contribution >= 0.6 is 11.6 Å². The standard InChI is InChI=1S/C13H17ClN2O/c1-2-16(8-9-6-7-9)13(17)10-4-3-5-11(15)12(10)14/h3-5,9H,2,6-8,15H2,1H3. The number of rotatable bonds is 4. The number of carbonyl (C=O) groups is 1. The van der Waals surface area contributed by atoms with Gasteiger partial charge in [0.1, 0.15) is 0 Å². The average molecular weight is 253 g/mol. The second-order valence-electron chi connectivity index (χ2n) is 4.50. The Morgan fingerprint density at radius 2 is 2.24 bits per heavy atom. The molecule has 3 nitrogen and oxygen atoms in total. The van der Waals surface area contributed by atoms with Gasteiger partial charge in [0.15, 0.2) is 0 Å². The van der Waals surface area contributed by atoms with Crippen LogP contribution in [-0.2, 0) is 0 Å². The largest absolute Gasteiger partial charge is 0.398 e. The number of nitrogens with two attached hydrogens (primary N) is 1. The number of carbonyl (C=O) groups excluding carboxylic acids is 1. The molecule has 1 amide bonds. The highest BCUT2D eigenvalue weighted by Crippen LogP contribution is 2.31. The van der Waals surface area contributed by atoms with Crippen molar-refractivity contribution >= 4 is 23.2 Å². The second-order valence-corrected chi connectivity index (χ2v) is 4.87. The first-order valence-electron chi connectivity index (χ1n) is 5.96. The molecule has 1 aliphatic carbocycles. The average Bonchev–Trinajstić information content (AvgIpc) is 3.13. The number of hydrogen-bond acceptors (Lipinski definition) is 2. The van der Waals surface area contributed by atoms with E-state index in [1.54, 1.807) is 18.2 Å². The second kappa shape index (κ2) is 4.96. The first kappa shape index (κ1) is 12.2. The van der Waals surface area contributed by atoms with E-state index in [2.05, 4.69) is 0 Å². The van der Waals surface area contributed by atoms with Crippen molar-refractivity contribution in [1.82, 2.24) is 4.90 Å². The van der Waals surface area contributed by atoms with Crippen LogP contribution < -0.4 is 5.73 Å². The highest BCUT2D eigenvalue weighted by Gasteiger charge is 2.27. The molecule has 1 saturated carbocycles. The molecule has 0 saturated heterocycles. The SMILES string of the molecule is CCN(CC1CC1)C(=O)c1cccc(N)c1Cl. The fraction of sp³-hybridized carbons (Fsp3) is 0.462. The Kier molecular flexibility index (Phi) is 3.57. The summed E-state index contributed by atoms with van der Waals surface area (Å²) in [5.41, 5.74) is 6.68. The number of hydrogen-bond donors (Lipinski definition) is 1. The highest BCUT2D eigenvalue weighted by molar-refractivity contribution is 6.36. The van der Waals surface area contributed by atoms with Crippen LogP contribution in [0.25, 0.3) is 0 Å². The third kappa shape index (κ3) is 2.72. The smallest absolute Gasteiger partial charge is 0.255 e. The van der Waals surface area contributed by atoms with Gasteiger partial charge in [0.05, 0.1) is 16.3 Å². The Morgan fingerprint density at radius 3 is 2.82 bits per heavy atom. The van der Waals surface area contributed by atoms with E-state index < -0.39 is 0 Å². The Balaban J connectivity index is 2.18. The van der Waals surface area contributed by atoms with Crippen LogP contribution in [0.1, 0.15) is 30.1 Å². The first-order chi connectivity index (χ1) is 8.13. The van der Waals surface area contributed by atoms with E-state index in [0.717, 1.165) is 6.54 Å². The van der Waals surface area contributed by atoms with Crippen molar-refractivity contribution in [2.75, 3.05) is 18.8 Å². The van der Waals surface area contributed by atoms with Gasteiger partial charge in [-0.15, -0.1) is 0 Å². The lowest BCUT2D eigenvalue weighted by Gasteiger charge is -2.21. The van der Waals surface area contributed by atoms with Crippen LogP contribution in [0, 0.1) is 5.92 Å². The zero-order chi connectivity index (χ0) is 12.4. The van der Waals surface area contributed by atoms with Crippen molar-refractivity contribution in [2.45, 2.75) is 19.8 Å². The Morgan fingerprint density at radius 1 is 1.53 bits per heavy atom. The number of nitrogen functional groups attached to an aromatic ring is 1. The third-order valence-electron chi connectivity index (χ3n) is 3.10. The fourth-order valence-electron chi connectivity index (χ4n) is 1.85. The summed E-state index contributed by atoms with van der Waals surface area (Å²) in [7, 11) is 0. The zero-order valence-electron chi connectivity index (χ0n) is 9.95. The van der Waals surface area contributed by atoms with Gasteiger partial charge in [-0.05, 0) is 37.8 Å². The van der Waals surface area contributed by atoms with Crippen LogP contribution in [0.15, 0.2) is 18.2 Å². The molecule has 0 heterocycles. The van der Waals surface area contributed by atoms with E-state index in [1.165, 1.54) is 12.8 Å². The minimum absolute atomic E-state index is 0.0169. The molecule has 4 heteroatoms. The van der Waals surface area contributed by atoms with Gasteiger partial charge in [-0.25, -0.2) is 0 Å². The molecule has 0 bridgehead atoms. The van der Waals surface area contributed by atoms with E-state index in [1.807, 2.05) is 11.8 Å². The van der Waals surface area contributed by atoms with Gasteiger partial charge >= 0.3 is 0 Å². The predicted molar refractivity (Wildman–Crippen MR) is 70.2 cm³/mol. The predicted octanol–water partition coefficient (Wildman–Crippen LogP) is 2.79. The lowest BCUT2D eigenvalue weighted by Crippen LogP contribution is -2.32. The summed E-state index contributed by atoms with van der Waals surface area (Å²) in [4.78, 5) is 14.1. The van der Waals surface area contributed by atoms with Gasteiger partial charge in [-0.1, -0.05) is 17.7 Å².